The van der Waals surface area contributed by atoms with Crippen LogP contribution in [0.3, 0.4) is 0 Å². The number of unbranched alkanes of at least 4 members (excludes halogenated alkanes) is 3. The molecule has 2 rings (SSSR count). The van der Waals surface area contributed by atoms with Crippen LogP contribution in [0.25, 0.3) is 0 Å². The number of alkyl carbamates (subject to hydrolysis) is 1. The smallest absolute Gasteiger partial charge is 0.410 e. The summed E-state index contributed by atoms with van der Waals surface area (Å²) in [5, 5.41) is 13.0. The third kappa shape index (κ3) is 8.43. The number of aromatic hydroxyl groups is 1. The molecule has 8 nitrogen and oxygen atoms in total. The molecule has 0 radical (unpaired) electrons. The fourth-order valence-corrected chi connectivity index (χ4v) is 3.94. The van der Waals surface area contributed by atoms with Crippen LogP contribution in [-0.4, -0.2) is 24.1 Å². The molecule has 2 heterocycles. The van der Waals surface area contributed by atoms with Crippen LogP contribution >= 0.6 is 0 Å². The van der Waals surface area contributed by atoms with Gasteiger partial charge in [-0.05, 0) is 31.4 Å². The molecular formula is C28H39NO7. The van der Waals surface area contributed by atoms with Crippen molar-refractivity contribution in [2.75, 3.05) is 7.11 Å². The molecule has 2 aromatic heterocycles. The lowest BCUT2D eigenvalue weighted by Crippen LogP contribution is -2.31. The average molecular weight is 502 g/mol. The number of methoxy groups -OCH3 is 1. The normalized spacial score (nSPS) is 12.6. The first-order valence-electron chi connectivity index (χ1n) is 12.6. The second kappa shape index (κ2) is 13.7. The highest BCUT2D eigenvalue weighted by molar-refractivity contribution is 6.01. The van der Waals surface area contributed by atoms with Crippen molar-refractivity contribution in [2.24, 2.45) is 5.41 Å². The van der Waals surface area contributed by atoms with Gasteiger partial charge in [-0.1, -0.05) is 53.0 Å². The SMILES string of the molecule is CCCCCCc1ccc(CC(C)(C)C(=O)c2c(O)cc(C(C)CC/C=C/NC(=O)OC)oc2=O)o1. The summed E-state index contributed by atoms with van der Waals surface area (Å²) in [6.07, 6.45) is 9.59. The molecule has 0 aliphatic heterocycles. The second-order valence-electron chi connectivity index (χ2n) is 9.78. The number of aryl methyl sites for hydroxylation is 1. The zero-order chi connectivity index (χ0) is 26.7. The Balaban J connectivity index is 2.04. The van der Waals surface area contributed by atoms with E-state index in [1.54, 1.807) is 19.9 Å². The van der Waals surface area contributed by atoms with Gasteiger partial charge < -0.3 is 18.7 Å². The minimum Gasteiger partial charge on any atom is -0.507 e. The Morgan fingerprint density at radius 2 is 1.89 bits per heavy atom. The highest BCUT2D eigenvalue weighted by Gasteiger charge is 2.35. The van der Waals surface area contributed by atoms with Crippen LogP contribution in [0, 0.1) is 5.41 Å². The van der Waals surface area contributed by atoms with Crippen molar-refractivity contribution in [2.45, 2.75) is 85.0 Å². The average Bonchev–Trinajstić information content (AvgIpc) is 3.27. The fourth-order valence-electron chi connectivity index (χ4n) is 3.94. The number of ether oxygens (including phenoxy) is 1. The monoisotopic (exact) mass is 501 g/mol. The summed E-state index contributed by atoms with van der Waals surface area (Å²) in [4.78, 5) is 37.0. The predicted octanol–water partition coefficient (Wildman–Crippen LogP) is 6.27. The van der Waals surface area contributed by atoms with Gasteiger partial charge in [-0.15, -0.1) is 0 Å². The molecule has 2 aromatic rings. The first-order chi connectivity index (χ1) is 17.1. The molecule has 36 heavy (non-hydrogen) atoms. The molecule has 198 valence electrons. The molecule has 2 N–H and O–H groups in total. The molecule has 8 heteroatoms. The van der Waals surface area contributed by atoms with Gasteiger partial charge in [0.25, 0.3) is 0 Å². The Hall–Kier alpha value is -3.29. The van der Waals surface area contributed by atoms with Crippen LogP contribution in [-0.2, 0) is 17.6 Å². The predicted molar refractivity (Wildman–Crippen MR) is 137 cm³/mol. The number of rotatable bonds is 14. The summed E-state index contributed by atoms with van der Waals surface area (Å²) in [5.41, 5.74) is -2.17. The molecule has 0 saturated carbocycles. The zero-order valence-electron chi connectivity index (χ0n) is 22.0. The van der Waals surface area contributed by atoms with Gasteiger partial charge in [0.05, 0.1) is 7.11 Å². The van der Waals surface area contributed by atoms with Crippen LogP contribution in [0.1, 0.15) is 99.8 Å². The number of furan rings is 1. The lowest BCUT2D eigenvalue weighted by atomic mass is 9.80. The fraction of sp³-hybridized carbons (Fsp3) is 0.536. The maximum absolute atomic E-state index is 13.3. The maximum atomic E-state index is 13.3. The number of hydrogen-bond acceptors (Lipinski definition) is 7. The van der Waals surface area contributed by atoms with Crippen LogP contribution in [0.2, 0.25) is 0 Å². The van der Waals surface area contributed by atoms with E-state index >= 15 is 0 Å². The van der Waals surface area contributed by atoms with E-state index in [0.29, 0.717) is 30.8 Å². The van der Waals surface area contributed by atoms with Crippen molar-refractivity contribution in [3.05, 3.63) is 63.7 Å². The van der Waals surface area contributed by atoms with E-state index in [1.807, 2.05) is 19.1 Å². The van der Waals surface area contributed by atoms with Crippen LogP contribution < -0.4 is 10.9 Å². The van der Waals surface area contributed by atoms with E-state index in [9.17, 15) is 19.5 Å². The summed E-state index contributed by atoms with van der Waals surface area (Å²) in [6, 6.07) is 5.14. The highest BCUT2D eigenvalue weighted by atomic mass is 16.5. The summed E-state index contributed by atoms with van der Waals surface area (Å²) in [5.74, 6) is 0.779. The standard InChI is InChI=1S/C28H39NO7/c1-6-7-8-9-13-20-14-15-21(35-20)18-28(3,4)25(31)24-22(30)17-23(36-26(24)32)19(2)12-10-11-16-29-27(33)34-5/h11,14-17,19,30H,6-10,12-13,18H2,1-5H3,(H,29,33)/b16-11+. The van der Waals surface area contributed by atoms with Crippen molar-refractivity contribution >= 4 is 11.9 Å². The van der Waals surface area contributed by atoms with Gasteiger partial charge in [-0.25, -0.2) is 9.59 Å². The van der Waals surface area contributed by atoms with Gasteiger partial charge in [0, 0.05) is 36.4 Å². The number of carbonyl (C=O) groups is 2. The van der Waals surface area contributed by atoms with Gasteiger partial charge in [0.1, 0.15) is 28.6 Å². The Kier molecular flexibility index (Phi) is 11.0. The second-order valence-corrected chi connectivity index (χ2v) is 9.78. The Morgan fingerprint density at radius 1 is 1.17 bits per heavy atom. The van der Waals surface area contributed by atoms with E-state index in [-0.39, 0.29) is 17.2 Å². The molecule has 0 aromatic carbocycles. The molecule has 1 unspecified atom stereocenters. The number of nitrogens with one attached hydrogen (secondary N) is 1. The number of carbonyl (C=O) groups excluding carboxylic acids is 2. The lowest BCUT2D eigenvalue weighted by molar-refractivity contribution is 0.0821. The summed E-state index contributed by atoms with van der Waals surface area (Å²) in [7, 11) is 1.28. The van der Waals surface area contributed by atoms with Crippen molar-refractivity contribution in [1.82, 2.24) is 5.32 Å². The molecule has 1 amide bonds. The summed E-state index contributed by atoms with van der Waals surface area (Å²) in [6.45, 7) is 7.47. The van der Waals surface area contributed by atoms with E-state index in [4.69, 9.17) is 8.83 Å². The van der Waals surface area contributed by atoms with Crippen LogP contribution in [0.4, 0.5) is 4.79 Å². The topological polar surface area (TPSA) is 119 Å². The van der Waals surface area contributed by atoms with Crippen molar-refractivity contribution in [3.8, 4) is 5.75 Å². The minimum atomic E-state index is -0.978. The van der Waals surface area contributed by atoms with Gasteiger partial charge >= 0.3 is 11.7 Å². The molecule has 0 aliphatic carbocycles. The number of amides is 1. The third-order valence-electron chi connectivity index (χ3n) is 6.16. The number of Topliss-reactive ketones (excluding diaryl/α,β-unsaturated/α-hetero) is 1. The largest absolute Gasteiger partial charge is 0.507 e. The maximum Gasteiger partial charge on any atom is 0.410 e. The van der Waals surface area contributed by atoms with E-state index in [0.717, 1.165) is 25.0 Å². The van der Waals surface area contributed by atoms with E-state index < -0.39 is 22.9 Å². The number of allylic oxidation sites excluding steroid dienone is 1. The van der Waals surface area contributed by atoms with Crippen LogP contribution in [0.15, 0.2) is 44.1 Å². The third-order valence-corrected chi connectivity index (χ3v) is 6.16. The number of hydrogen-bond donors (Lipinski definition) is 2. The zero-order valence-corrected chi connectivity index (χ0v) is 22.0. The highest BCUT2D eigenvalue weighted by Crippen LogP contribution is 2.32. The quantitative estimate of drug-likeness (QED) is 0.231. The lowest BCUT2D eigenvalue weighted by Gasteiger charge is -2.22. The molecule has 1 atom stereocenters. The molecule has 0 aliphatic rings. The molecule has 0 fully saturated rings. The Morgan fingerprint density at radius 3 is 2.56 bits per heavy atom. The summed E-state index contributed by atoms with van der Waals surface area (Å²) >= 11 is 0. The van der Waals surface area contributed by atoms with Crippen molar-refractivity contribution in [3.63, 3.8) is 0 Å². The molecule has 0 saturated heterocycles. The van der Waals surface area contributed by atoms with Gasteiger partial charge in [0.15, 0.2) is 5.78 Å². The van der Waals surface area contributed by atoms with Crippen molar-refractivity contribution < 1.29 is 28.3 Å². The first-order valence-corrected chi connectivity index (χ1v) is 12.6. The molecule has 0 spiro atoms. The van der Waals surface area contributed by atoms with Crippen molar-refractivity contribution in [1.29, 1.82) is 0 Å². The first kappa shape index (κ1) is 28.9. The van der Waals surface area contributed by atoms with E-state index in [2.05, 4.69) is 17.0 Å². The number of ketones is 1. The van der Waals surface area contributed by atoms with Crippen LogP contribution in [0.5, 0.6) is 5.75 Å². The molecular weight excluding hydrogens is 462 g/mol. The Bertz CT molecular complexity index is 1090. The minimum absolute atomic E-state index is 0.192. The molecule has 0 bridgehead atoms. The van der Waals surface area contributed by atoms with Gasteiger partial charge in [0.2, 0.25) is 0 Å². The Labute approximate surface area is 212 Å². The van der Waals surface area contributed by atoms with Gasteiger partial charge in [-0.2, -0.15) is 0 Å². The van der Waals surface area contributed by atoms with E-state index in [1.165, 1.54) is 32.2 Å². The summed E-state index contributed by atoms with van der Waals surface area (Å²) < 4.78 is 15.8. The van der Waals surface area contributed by atoms with Gasteiger partial charge in [-0.3, -0.25) is 10.1 Å².